The highest BCUT2D eigenvalue weighted by Crippen LogP contribution is 2.27. The Morgan fingerprint density at radius 3 is 2.55 bits per heavy atom. The van der Waals surface area contributed by atoms with Gasteiger partial charge in [0.15, 0.2) is 0 Å². The predicted octanol–water partition coefficient (Wildman–Crippen LogP) is 2.97. The number of aliphatic carboxylic acids is 1. The summed E-state index contributed by atoms with van der Waals surface area (Å²) in [6.07, 6.45) is 2.02. The largest absolute Gasteiger partial charge is 0.481 e. The van der Waals surface area contributed by atoms with Crippen molar-refractivity contribution in [2.75, 3.05) is 7.11 Å². The van der Waals surface area contributed by atoms with Gasteiger partial charge in [0.05, 0.1) is 12.0 Å². The molecule has 110 valence electrons. The molecule has 0 heterocycles. The quantitative estimate of drug-likeness (QED) is 0.558. The van der Waals surface area contributed by atoms with Crippen molar-refractivity contribution < 1.29 is 23.8 Å². The van der Waals surface area contributed by atoms with Crippen LogP contribution in [0.25, 0.3) is 0 Å². The van der Waals surface area contributed by atoms with Gasteiger partial charge >= 0.3 is 5.97 Å². The average Bonchev–Trinajstić information content (AvgIpc) is 2.43. The maximum atomic E-state index is 12.9. The van der Waals surface area contributed by atoms with Crippen LogP contribution in [0.4, 0.5) is 4.39 Å². The Bertz CT molecular complexity index is 430. The number of rotatable bonds is 9. The van der Waals surface area contributed by atoms with Crippen LogP contribution in [0.2, 0.25) is 0 Å². The molecule has 1 aromatic carbocycles. The number of methoxy groups -OCH3 is 1. The molecule has 0 saturated carbocycles. The van der Waals surface area contributed by atoms with Gasteiger partial charge in [0.1, 0.15) is 12.1 Å². The summed E-state index contributed by atoms with van der Waals surface area (Å²) < 4.78 is 18.2. The molecular weight excluding hydrogens is 263 g/mol. The number of hydrogen-bond donors (Lipinski definition) is 1. The lowest BCUT2D eigenvalue weighted by atomic mass is 9.92. The number of benzene rings is 1. The number of unbranched alkanes of at least 4 members (excludes halogenated alkanes) is 1. The number of ether oxygens (including phenoxy) is 1. The number of halogens is 1. The molecule has 1 aromatic rings. The molecule has 0 aliphatic heterocycles. The molecule has 0 fully saturated rings. The second-order valence-corrected chi connectivity index (χ2v) is 4.64. The maximum absolute atomic E-state index is 12.9. The van der Waals surface area contributed by atoms with Crippen LogP contribution in [-0.2, 0) is 14.3 Å². The lowest BCUT2D eigenvalue weighted by molar-refractivity contribution is -0.143. The van der Waals surface area contributed by atoms with E-state index in [2.05, 4.69) is 0 Å². The first-order valence-electron chi connectivity index (χ1n) is 6.53. The average molecular weight is 282 g/mol. The molecule has 0 spiro atoms. The third-order valence-corrected chi connectivity index (χ3v) is 3.25. The molecular formula is C15H19FO4. The highest BCUT2D eigenvalue weighted by atomic mass is 19.1. The van der Waals surface area contributed by atoms with E-state index in [0.29, 0.717) is 25.7 Å². The second kappa shape index (κ2) is 8.43. The van der Waals surface area contributed by atoms with Gasteiger partial charge in [-0.25, -0.2) is 4.39 Å². The van der Waals surface area contributed by atoms with Crippen LogP contribution in [0.5, 0.6) is 0 Å². The van der Waals surface area contributed by atoms with Gasteiger partial charge in [-0.1, -0.05) is 12.1 Å². The van der Waals surface area contributed by atoms with Crippen molar-refractivity contribution in [1.29, 1.82) is 0 Å². The molecule has 2 atom stereocenters. The molecule has 1 rings (SSSR count). The number of carbonyl (C=O) groups excluding carboxylic acids is 1. The van der Waals surface area contributed by atoms with E-state index >= 15 is 0 Å². The fraction of sp³-hybridized carbons (Fsp3) is 0.467. The van der Waals surface area contributed by atoms with Gasteiger partial charge in [0, 0.05) is 13.5 Å². The SMILES string of the molecule is CO[C@H](C[C@H](CCCC=O)C(=O)O)c1ccc(F)cc1. The van der Waals surface area contributed by atoms with Gasteiger partial charge in [-0.3, -0.25) is 4.79 Å². The second-order valence-electron chi connectivity index (χ2n) is 4.64. The van der Waals surface area contributed by atoms with Crippen LogP contribution in [0.3, 0.4) is 0 Å². The Balaban J connectivity index is 2.70. The Morgan fingerprint density at radius 1 is 1.40 bits per heavy atom. The van der Waals surface area contributed by atoms with Gasteiger partial charge in [-0.2, -0.15) is 0 Å². The Morgan fingerprint density at radius 2 is 2.05 bits per heavy atom. The molecule has 0 aliphatic rings. The minimum absolute atomic E-state index is 0.302. The standard InChI is InChI=1S/C15H19FO4/c1-20-14(11-5-7-13(16)8-6-11)10-12(15(18)19)4-2-3-9-17/h5-9,12,14H,2-4,10H2,1H3,(H,18,19)/t12-,14+/m0/s1. The maximum Gasteiger partial charge on any atom is 0.306 e. The van der Waals surface area contributed by atoms with E-state index in [-0.39, 0.29) is 5.82 Å². The summed E-state index contributed by atoms with van der Waals surface area (Å²) in [5.41, 5.74) is 0.746. The summed E-state index contributed by atoms with van der Waals surface area (Å²) in [7, 11) is 1.50. The van der Waals surface area contributed by atoms with E-state index in [0.717, 1.165) is 11.8 Å². The van der Waals surface area contributed by atoms with Gasteiger partial charge in [-0.05, 0) is 37.0 Å². The number of hydrogen-bond acceptors (Lipinski definition) is 3. The van der Waals surface area contributed by atoms with Crippen LogP contribution in [-0.4, -0.2) is 24.5 Å². The molecule has 0 saturated heterocycles. The van der Waals surface area contributed by atoms with E-state index in [4.69, 9.17) is 4.74 Å². The van der Waals surface area contributed by atoms with Crippen molar-refractivity contribution in [2.24, 2.45) is 5.92 Å². The van der Waals surface area contributed by atoms with Crippen molar-refractivity contribution in [2.45, 2.75) is 31.8 Å². The van der Waals surface area contributed by atoms with Crippen molar-refractivity contribution in [3.05, 3.63) is 35.6 Å². The third kappa shape index (κ3) is 5.09. The first-order chi connectivity index (χ1) is 9.58. The van der Waals surface area contributed by atoms with Crippen LogP contribution >= 0.6 is 0 Å². The lowest BCUT2D eigenvalue weighted by Crippen LogP contribution is -2.18. The van der Waals surface area contributed by atoms with E-state index < -0.39 is 18.0 Å². The smallest absolute Gasteiger partial charge is 0.306 e. The van der Waals surface area contributed by atoms with Crippen molar-refractivity contribution in [3.63, 3.8) is 0 Å². The fourth-order valence-corrected chi connectivity index (χ4v) is 2.09. The predicted molar refractivity (Wildman–Crippen MR) is 71.8 cm³/mol. The summed E-state index contributed by atoms with van der Waals surface area (Å²) in [6.45, 7) is 0. The van der Waals surface area contributed by atoms with Gasteiger partial charge < -0.3 is 14.6 Å². The summed E-state index contributed by atoms with van der Waals surface area (Å²) in [5, 5.41) is 9.20. The minimum atomic E-state index is -0.903. The molecule has 0 unspecified atom stereocenters. The zero-order valence-electron chi connectivity index (χ0n) is 11.4. The van der Waals surface area contributed by atoms with Gasteiger partial charge in [0.2, 0.25) is 0 Å². The molecule has 0 radical (unpaired) electrons. The van der Waals surface area contributed by atoms with Gasteiger partial charge in [-0.15, -0.1) is 0 Å². The van der Waals surface area contributed by atoms with Crippen LogP contribution in [0.1, 0.15) is 37.4 Å². The normalized spacial score (nSPS) is 13.7. The Hall–Kier alpha value is -1.75. The summed E-state index contributed by atoms with van der Waals surface area (Å²) in [5.74, 6) is -1.82. The fourth-order valence-electron chi connectivity index (χ4n) is 2.09. The Labute approximate surface area is 117 Å². The van der Waals surface area contributed by atoms with E-state index in [9.17, 15) is 19.1 Å². The number of aldehydes is 1. The number of carboxylic acid groups (broad SMARTS) is 1. The van der Waals surface area contributed by atoms with Crippen LogP contribution < -0.4 is 0 Å². The Kier molecular flexibility index (Phi) is 6.87. The number of carbonyl (C=O) groups is 2. The monoisotopic (exact) mass is 282 g/mol. The molecule has 20 heavy (non-hydrogen) atoms. The van der Waals surface area contributed by atoms with Crippen molar-refractivity contribution >= 4 is 12.3 Å². The first kappa shape index (κ1) is 16.3. The summed E-state index contributed by atoms with van der Waals surface area (Å²) >= 11 is 0. The zero-order chi connectivity index (χ0) is 15.0. The molecule has 0 amide bonds. The van der Waals surface area contributed by atoms with E-state index in [1.165, 1.54) is 19.2 Å². The molecule has 0 aromatic heterocycles. The molecule has 1 N–H and O–H groups in total. The minimum Gasteiger partial charge on any atom is -0.481 e. The summed E-state index contributed by atoms with van der Waals surface area (Å²) in [4.78, 5) is 21.5. The summed E-state index contributed by atoms with van der Waals surface area (Å²) in [6, 6.07) is 5.83. The van der Waals surface area contributed by atoms with Crippen molar-refractivity contribution in [1.82, 2.24) is 0 Å². The highest BCUT2D eigenvalue weighted by molar-refractivity contribution is 5.70. The van der Waals surface area contributed by atoms with Crippen LogP contribution in [0.15, 0.2) is 24.3 Å². The lowest BCUT2D eigenvalue weighted by Gasteiger charge is -2.20. The van der Waals surface area contributed by atoms with Gasteiger partial charge in [0.25, 0.3) is 0 Å². The highest BCUT2D eigenvalue weighted by Gasteiger charge is 2.23. The molecule has 5 heteroatoms. The van der Waals surface area contributed by atoms with E-state index in [1.54, 1.807) is 12.1 Å². The molecule has 4 nitrogen and oxygen atoms in total. The molecule has 0 aliphatic carbocycles. The van der Waals surface area contributed by atoms with Crippen molar-refractivity contribution in [3.8, 4) is 0 Å². The van der Waals surface area contributed by atoms with Crippen LogP contribution in [0, 0.1) is 11.7 Å². The zero-order valence-corrected chi connectivity index (χ0v) is 11.4. The topological polar surface area (TPSA) is 63.6 Å². The third-order valence-electron chi connectivity index (χ3n) is 3.25. The number of carboxylic acids is 1. The molecule has 0 bridgehead atoms. The van der Waals surface area contributed by atoms with E-state index in [1.807, 2.05) is 0 Å². The first-order valence-corrected chi connectivity index (χ1v) is 6.53.